The molecule has 0 unspecified atom stereocenters. The molecule has 1 fully saturated rings. The smallest absolute Gasteiger partial charge is 0.116 e. The van der Waals surface area contributed by atoms with Crippen molar-refractivity contribution < 1.29 is 4.74 Å². The Morgan fingerprint density at radius 3 is 2.78 bits per heavy atom. The van der Waals surface area contributed by atoms with Crippen LogP contribution in [0.15, 0.2) is 36.7 Å². The van der Waals surface area contributed by atoms with Crippen LogP contribution in [0.1, 0.15) is 5.56 Å². The second kappa shape index (κ2) is 6.74. The normalized spacial score (nSPS) is 16.0. The Hall–Kier alpha value is -1.82. The first-order valence-electron chi connectivity index (χ1n) is 7.90. The van der Waals surface area contributed by atoms with Crippen molar-refractivity contribution in [2.24, 2.45) is 0 Å². The van der Waals surface area contributed by atoms with Gasteiger partial charge in [-0.3, -0.25) is 4.90 Å². The molecule has 0 spiro atoms. The number of hydrogen-bond acceptors (Lipinski definition) is 5. The molecule has 1 radical (unpaired) electrons. The Labute approximate surface area is 139 Å². The van der Waals surface area contributed by atoms with Crippen LogP contribution >= 0.6 is 11.3 Å². The van der Waals surface area contributed by atoms with Crippen molar-refractivity contribution in [1.82, 2.24) is 14.9 Å². The fourth-order valence-corrected chi connectivity index (χ4v) is 3.78. The predicted molar refractivity (Wildman–Crippen MR) is 92.7 cm³/mol. The Kier molecular flexibility index (Phi) is 4.33. The molecule has 117 valence electrons. The highest BCUT2D eigenvalue weighted by atomic mass is 32.1. The van der Waals surface area contributed by atoms with Crippen molar-refractivity contribution in [2.45, 2.75) is 6.42 Å². The van der Waals surface area contributed by atoms with Crippen LogP contribution in [0.25, 0.3) is 20.7 Å². The van der Waals surface area contributed by atoms with Gasteiger partial charge in [-0.2, -0.15) is 0 Å². The van der Waals surface area contributed by atoms with Gasteiger partial charge in [0.05, 0.1) is 23.4 Å². The van der Waals surface area contributed by atoms with Crippen LogP contribution in [-0.4, -0.2) is 47.7 Å². The number of rotatable bonds is 4. The topological polar surface area (TPSA) is 38.2 Å². The van der Waals surface area contributed by atoms with E-state index in [4.69, 9.17) is 4.74 Å². The summed E-state index contributed by atoms with van der Waals surface area (Å²) in [6.07, 6.45) is 5.64. The van der Waals surface area contributed by atoms with Crippen LogP contribution in [0.5, 0.6) is 0 Å². The number of hydrogen-bond donors (Lipinski definition) is 0. The van der Waals surface area contributed by atoms with E-state index in [1.54, 1.807) is 17.7 Å². The monoisotopic (exact) mass is 324 g/mol. The van der Waals surface area contributed by atoms with Crippen molar-refractivity contribution in [3.63, 3.8) is 0 Å². The van der Waals surface area contributed by atoms with Crippen molar-refractivity contribution in [3.05, 3.63) is 48.4 Å². The molecule has 0 aliphatic carbocycles. The second-order valence-electron chi connectivity index (χ2n) is 5.71. The highest BCUT2D eigenvalue weighted by molar-refractivity contribution is 7.22. The van der Waals surface area contributed by atoms with Crippen LogP contribution in [-0.2, 0) is 11.2 Å². The van der Waals surface area contributed by atoms with Crippen LogP contribution in [0.2, 0.25) is 0 Å². The molecule has 1 saturated heterocycles. The Bertz CT molecular complexity index is 745. The first-order chi connectivity index (χ1) is 11.4. The highest BCUT2D eigenvalue weighted by Gasteiger charge is 2.10. The number of ether oxygens (including phenoxy) is 1. The zero-order valence-corrected chi connectivity index (χ0v) is 13.7. The summed E-state index contributed by atoms with van der Waals surface area (Å²) in [5.41, 5.74) is 3.58. The standard InChI is InChI=1S/C18H18N3OS/c1-3-15(17-11-16-18(23-17)12-19-13-20-16)4-2-14(1)5-6-21-7-9-22-10-8-21/h1-4,11,13H,5-10H2. The summed E-state index contributed by atoms with van der Waals surface area (Å²) in [5.74, 6) is 0. The summed E-state index contributed by atoms with van der Waals surface area (Å²) in [7, 11) is 0. The third kappa shape index (κ3) is 3.42. The maximum Gasteiger partial charge on any atom is 0.116 e. The summed E-state index contributed by atoms with van der Waals surface area (Å²) >= 11 is 1.69. The Balaban J connectivity index is 1.44. The third-order valence-electron chi connectivity index (χ3n) is 4.19. The molecule has 3 heterocycles. The predicted octanol–water partition coefficient (Wildman–Crippen LogP) is 3.03. The zero-order chi connectivity index (χ0) is 15.5. The Morgan fingerprint density at radius 1 is 1.17 bits per heavy atom. The lowest BCUT2D eigenvalue weighted by Crippen LogP contribution is -2.37. The first kappa shape index (κ1) is 14.8. The van der Waals surface area contributed by atoms with Gasteiger partial charge in [0.15, 0.2) is 0 Å². The zero-order valence-electron chi connectivity index (χ0n) is 12.9. The molecule has 3 aromatic rings. The van der Waals surface area contributed by atoms with Gasteiger partial charge in [-0.05, 0) is 23.6 Å². The van der Waals surface area contributed by atoms with Crippen LogP contribution in [0, 0.1) is 6.20 Å². The molecule has 2 aromatic heterocycles. The van der Waals surface area contributed by atoms with E-state index >= 15 is 0 Å². The maximum atomic E-state index is 5.39. The average molecular weight is 324 g/mol. The number of thiophene rings is 1. The third-order valence-corrected chi connectivity index (χ3v) is 5.27. The van der Waals surface area contributed by atoms with Gasteiger partial charge < -0.3 is 4.74 Å². The molecule has 5 heteroatoms. The van der Waals surface area contributed by atoms with E-state index in [1.165, 1.54) is 16.0 Å². The van der Waals surface area contributed by atoms with Gasteiger partial charge in [0.25, 0.3) is 0 Å². The minimum Gasteiger partial charge on any atom is -0.379 e. The van der Waals surface area contributed by atoms with Crippen molar-refractivity contribution in [2.75, 3.05) is 32.8 Å². The van der Waals surface area contributed by atoms with Crippen LogP contribution in [0.3, 0.4) is 0 Å². The molecule has 1 aliphatic heterocycles. The molecule has 0 N–H and O–H groups in total. The number of nitrogens with zero attached hydrogens (tertiary/aromatic N) is 3. The quantitative estimate of drug-likeness (QED) is 0.739. The molecule has 4 nitrogen and oxygen atoms in total. The van der Waals surface area contributed by atoms with E-state index in [2.05, 4.69) is 51.4 Å². The fourth-order valence-electron chi connectivity index (χ4n) is 2.83. The minimum absolute atomic E-state index is 0.866. The van der Waals surface area contributed by atoms with Gasteiger partial charge in [0.1, 0.15) is 12.5 Å². The average Bonchev–Trinajstić information content (AvgIpc) is 3.05. The molecule has 0 amide bonds. The van der Waals surface area contributed by atoms with Crippen molar-refractivity contribution in [3.8, 4) is 10.4 Å². The summed E-state index contributed by atoms with van der Waals surface area (Å²) in [5, 5.41) is 0. The first-order valence-corrected chi connectivity index (χ1v) is 8.72. The number of morpholine rings is 1. The molecule has 0 saturated carbocycles. The molecule has 4 rings (SSSR count). The van der Waals surface area contributed by atoms with E-state index in [-0.39, 0.29) is 0 Å². The summed E-state index contributed by atoms with van der Waals surface area (Å²) in [6, 6.07) is 11.0. The summed E-state index contributed by atoms with van der Waals surface area (Å²) < 4.78 is 6.40. The molecular formula is C18H18N3OS. The lowest BCUT2D eigenvalue weighted by molar-refractivity contribution is 0.0384. The largest absolute Gasteiger partial charge is 0.379 e. The summed E-state index contributed by atoms with van der Waals surface area (Å²) in [4.78, 5) is 11.9. The summed E-state index contributed by atoms with van der Waals surface area (Å²) in [6.45, 7) is 4.94. The van der Waals surface area contributed by atoms with Gasteiger partial charge in [0, 0.05) is 24.5 Å². The highest BCUT2D eigenvalue weighted by Crippen LogP contribution is 2.31. The number of fused-ring (bicyclic) bond motifs is 1. The second-order valence-corrected chi connectivity index (χ2v) is 6.76. The van der Waals surface area contributed by atoms with Crippen LogP contribution in [0.4, 0.5) is 0 Å². The molecular weight excluding hydrogens is 306 g/mol. The molecule has 0 atom stereocenters. The lowest BCUT2D eigenvalue weighted by atomic mass is 10.1. The van der Waals surface area contributed by atoms with Crippen molar-refractivity contribution in [1.29, 1.82) is 0 Å². The van der Waals surface area contributed by atoms with E-state index in [0.717, 1.165) is 49.5 Å². The molecule has 23 heavy (non-hydrogen) atoms. The molecule has 1 aliphatic rings. The van der Waals surface area contributed by atoms with Crippen molar-refractivity contribution >= 4 is 21.6 Å². The van der Waals surface area contributed by atoms with Gasteiger partial charge in [-0.1, -0.05) is 24.3 Å². The van der Waals surface area contributed by atoms with Crippen LogP contribution < -0.4 is 0 Å². The maximum absolute atomic E-state index is 5.39. The minimum atomic E-state index is 0.866. The lowest BCUT2D eigenvalue weighted by Gasteiger charge is -2.26. The number of benzene rings is 1. The van der Waals surface area contributed by atoms with Gasteiger partial charge >= 0.3 is 0 Å². The van der Waals surface area contributed by atoms with Gasteiger partial charge in [-0.25, -0.2) is 9.97 Å². The van der Waals surface area contributed by atoms with E-state index in [0.29, 0.717) is 0 Å². The fraction of sp³-hybridized carbons (Fsp3) is 0.333. The SMILES string of the molecule is [c]1ncnc2cc(-c3ccc(CCN4CCOCC4)cc3)sc12. The van der Waals surface area contributed by atoms with Gasteiger partial charge in [-0.15, -0.1) is 11.3 Å². The van der Waals surface area contributed by atoms with Gasteiger partial charge in [0.2, 0.25) is 0 Å². The number of aromatic nitrogens is 2. The Morgan fingerprint density at radius 2 is 2.00 bits per heavy atom. The molecule has 0 bridgehead atoms. The van der Waals surface area contributed by atoms with E-state index in [9.17, 15) is 0 Å². The van der Waals surface area contributed by atoms with E-state index in [1.807, 2.05) is 0 Å². The van der Waals surface area contributed by atoms with E-state index < -0.39 is 0 Å². The molecule has 1 aromatic carbocycles.